The number of para-hydroxylation sites is 1. The summed E-state index contributed by atoms with van der Waals surface area (Å²) in [6, 6.07) is 17.0. The number of piperidine rings is 1. The zero-order chi connectivity index (χ0) is 18.6. The summed E-state index contributed by atoms with van der Waals surface area (Å²) >= 11 is 1.67. The molecule has 136 valence electrons. The summed E-state index contributed by atoms with van der Waals surface area (Å²) < 4.78 is 6.80. The van der Waals surface area contributed by atoms with Crippen LogP contribution in [0.15, 0.2) is 48.5 Å². The van der Waals surface area contributed by atoms with E-state index >= 15 is 0 Å². The normalized spacial score (nSPS) is 16.9. The fraction of sp³-hybridized carbons (Fsp3) is 0.286. The van der Waals surface area contributed by atoms with Gasteiger partial charge in [0.2, 0.25) is 0 Å². The molecule has 0 aliphatic carbocycles. The molecule has 0 bridgehead atoms. The first kappa shape index (κ1) is 17.5. The van der Waals surface area contributed by atoms with E-state index in [2.05, 4.69) is 12.1 Å². The Balaban J connectivity index is 1.47. The maximum absolute atomic E-state index is 12.8. The van der Waals surface area contributed by atoms with Gasteiger partial charge in [0.1, 0.15) is 10.8 Å². The monoisotopic (exact) mass is 377 g/mol. The van der Waals surface area contributed by atoms with E-state index in [1.54, 1.807) is 35.6 Å². The molecule has 1 aliphatic heterocycles. The quantitative estimate of drug-likeness (QED) is 0.680. The van der Waals surface area contributed by atoms with Crippen molar-refractivity contribution in [2.75, 3.05) is 13.2 Å². The Labute approximate surface area is 161 Å². The Morgan fingerprint density at radius 3 is 2.81 bits per heavy atom. The molecule has 0 N–H and O–H groups in total. The zero-order valence-corrected chi connectivity index (χ0v) is 15.6. The number of nitriles is 1. The number of ether oxygens (including phenoxy) is 1. The van der Waals surface area contributed by atoms with Crippen LogP contribution in [0.25, 0.3) is 10.2 Å². The molecule has 1 aliphatic rings. The number of thiazole rings is 1. The summed E-state index contributed by atoms with van der Waals surface area (Å²) in [6.07, 6.45) is 3.04. The maximum Gasteiger partial charge on any atom is 0.261 e. The molecule has 1 aromatic heterocycles. The van der Waals surface area contributed by atoms with Crippen molar-refractivity contribution < 1.29 is 9.53 Å². The van der Waals surface area contributed by atoms with Crippen LogP contribution in [0.2, 0.25) is 0 Å². The molecule has 0 spiro atoms. The van der Waals surface area contributed by atoms with Crippen LogP contribution in [-0.4, -0.2) is 28.9 Å². The first-order chi connectivity index (χ1) is 13.2. The fourth-order valence-corrected chi connectivity index (χ4v) is 4.49. The summed E-state index contributed by atoms with van der Waals surface area (Å²) in [5, 5.41) is 9.85. The van der Waals surface area contributed by atoms with Crippen molar-refractivity contribution in [3.05, 3.63) is 59.1 Å². The van der Waals surface area contributed by atoms with Crippen molar-refractivity contribution >= 4 is 27.5 Å². The van der Waals surface area contributed by atoms with Crippen molar-refractivity contribution in [1.29, 1.82) is 5.26 Å². The minimum absolute atomic E-state index is 0.00665. The fourth-order valence-electron chi connectivity index (χ4n) is 3.37. The molecule has 1 amide bonds. The number of fused-ring (bicyclic) bond motifs is 1. The van der Waals surface area contributed by atoms with Gasteiger partial charge in [0.15, 0.2) is 6.61 Å². The largest absolute Gasteiger partial charge is 0.484 e. The van der Waals surface area contributed by atoms with Crippen molar-refractivity contribution in [1.82, 2.24) is 9.88 Å². The van der Waals surface area contributed by atoms with Crippen molar-refractivity contribution in [3.8, 4) is 11.8 Å². The Morgan fingerprint density at radius 1 is 1.22 bits per heavy atom. The van der Waals surface area contributed by atoms with Gasteiger partial charge >= 0.3 is 0 Å². The highest BCUT2D eigenvalue weighted by molar-refractivity contribution is 7.18. The molecule has 1 atom stereocenters. The predicted octanol–water partition coefficient (Wildman–Crippen LogP) is 4.30. The van der Waals surface area contributed by atoms with Crippen LogP contribution < -0.4 is 4.74 Å². The van der Waals surface area contributed by atoms with E-state index in [1.165, 1.54) is 0 Å². The van der Waals surface area contributed by atoms with Gasteiger partial charge in [-0.3, -0.25) is 4.79 Å². The lowest BCUT2D eigenvalue weighted by atomic mass is 10.0. The predicted molar refractivity (Wildman–Crippen MR) is 105 cm³/mol. The lowest BCUT2D eigenvalue weighted by molar-refractivity contribution is -0.137. The van der Waals surface area contributed by atoms with E-state index < -0.39 is 0 Å². The van der Waals surface area contributed by atoms with Gasteiger partial charge in [-0.2, -0.15) is 5.26 Å². The number of rotatable bonds is 4. The topological polar surface area (TPSA) is 66.2 Å². The number of nitrogens with zero attached hydrogens (tertiary/aromatic N) is 3. The number of hydrogen-bond donors (Lipinski definition) is 0. The first-order valence-corrected chi connectivity index (χ1v) is 9.84. The minimum Gasteiger partial charge on any atom is -0.484 e. The second-order valence-electron chi connectivity index (χ2n) is 6.54. The molecular weight excluding hydrogens is 358 g/mol. The zero-order valence-electron chi connectivity index (χ0n) is 14.8. The number of carbonyl (C=O) groups excluding carboxylic acids is 1. The van der Waals surface area contributed by atoms with E-state index in [-0.39, 0.29) is 18.6 Å². The maximum atomic E-state index is 12.8. The number of amides is 1. The van der Waals surface area contributed by atoms with Gasteiger partial charge in [-0.05, 0) is 55.7 Å². The van der Waals surface area contributed by atoms with Crippen LogP contribution in [0.3, 0.4) is 0 Å². The molecule has 6 heteroatoms. The third kappa shape index (κ3) is 3.79. The van der Waals surface area contributed by atoms with Gasteiger partial charge in [-0.1, -0.05) is 12.1 Å². The van der Waals surface area contributed by atoms with Gasteiger partial charge in [0.25, 0.3) is 5.91 Å². The number of likely N-dealkylation sites (tertiary alicyclic amines) is 1. The second kappa shape index (κ2) is 7.77. The van der Waals surface area contributed by atoms with Crippen LogP contribution in [0, 0.1) is 11.3 Å². The van der Waals surface area contributed by atoms with Crippen molar-refractivity contribution in [2.45, 2.75) is 25.3 Å². The molecule has 0 saturated carbocycles. The summed E-state index contributed by atoms with van der Waals surface area (Å²) in [6.45, 7) is 0.726. The van der Waals surface area contributed by atoms with Crippen molar-refractivity contribution in [2.24, 2.45) is 0 Å². The molecule has 2 heterocycles. The van der Waals surface area contributed by atoms with E-state index in [4.69, 9.17) is 15.0 Å². The molecule has 5 nitrogen and oxygen atoms in total. The standard InChI is InChI=1S/C21H19N3O2S/c22-13-15-8-10-16(11-9-15)26-14-20(25)24-12-4-3-6-18(24)21-23-17-5-1-2-7-19(17)27-21/h1-2,5,7-11,18H,3-4,6,12,14H2. The van der Waals surface area contributed by atoms with E-state index in [0.29, 0.717) is 11.3 Å². The smallest absolute Gasteiger partial charge is 0.261 e. The van der Waals surface area contributed by atoms with Crippen LogP contribution in [0.1, 0.15) is 35.9 Å². The number of carbonyl (C=O) groups is 1. The average molecular weight is 377 g/mol. The van der Waals surface area contributed by atoms with Crippen LogP contribution in [0.5, 0.6) is 5.75 Å². The van der Waals surface area contributed by atoms with Gasteiger partial charge in [-0.15, -0.1) is 11.3 Å². The van der Waals surface area contributed by atoms with Crippen LogP contribution in [-0.2, 0) is 4.79 Å². The summed E-state index contributed by atoms with van der Waals surface area (Å²) in [5.41, 5.74) is 1.56. The Hall–Kier alpha value is -2.91. The van der Waals surface area contributed by atoms with Gasteiger partial charge in [-0.25, -0.2) is 4.98 Å². The molecule has 0 radical (unpaired) electrons. The number of aromatic nitrogens is 1. The molecular formula is C21H19N3O2S. The summed E-state index contributed by atoms with van der Waals surface area (Å²) in [7, 11) is 0. The summed E-state index contributed by atoms with van der Waals surface area (Å²) in [5.74, 6) is 0.569. The van der Waals surface area contributed by atoms with E-state index in [9.17, 15) is 4.79 Å². The molecule has 1 saturated heterocycles. The van der Waals surface area contributed by atoms with E-state index in [1.807, 2.05) is 23.1 Å². The van der Waals surface area contributed by atoms with Crippen molar-refractivity contribution in [3.63, 3.8) is 0 Å². The van der Waals surface area contributed by atoms with Crippen LogP contribution >= 0.6 is 11.3 Å². The Kier molecular flexibility index (Phi) is 5.03. The molecule has 1 fully saturated rings. The average Bonchev–Trinajstić information content (AvgIpc) is 3.16. The Bertz CT molecular complexity index is 958. The Morgan fingerprint density at radius 2 is 2.04 bits per heavy atom. The molecule has 1 unspecified atom stereocenters. The lowest BCUT2D eigenvalue weighted by Gasteiger charge is -2.34. The van der Waals surface area contributed by atoms with Crippen LogP contribution in [0.4, 0.5) is 0 Å². The molecule has 3 aromatic rings. The highest BCUT2D eigenvalue weighted by atomic mass is 32.1. The van der Waals surface area contributed by atoms with Gasteiger partial charge in [0.05, 0.1) is 27.9 Å². The molecule has 2 aromatic carbocycles. The number of hydrogen-bond acceptors (Lipinski definition) is 5. The van der Waals surface area contributed by atoms with Gasteiger partial charge in [0, 0.05) is 6.54 Å². The highest BCUT2D eigenvalue weighted by Gasteiger charge is 2.30. The summed E-state index contributed by atoms with van der Waals surface area (Å²) in [4.78, 5) is 19.5. The molecule has 27 heavy (non-hydrogen) atoms. The lowest BCUT2D eigenvalue weighted by Crippen LogP contribution is -2.41. The molecule has 4 rings (SSSR count). The number of benzene rings is 2. The third-order valence-corrected chi connectivity index (χ3v) is 5.90. The highest BCUT2D eigenvalue weighted by Crippen LogP contribution is 2.35. The first-order valence-electron chi connectivity index (χ1n) is 9.02. The van der Waals surface area contributed by atoms with Gasteiger partial charge < -0.3 is 9.64 Å². The SMILES string of the molecule is N#Cc1ccc(OCC(=O)N2CCCCC2c2nc3ccccc3s2)cc1. The second-order valence-corrected chi connectivity index (χ2v) is 7.61. The van der Waals surface area contributed by atoms with E-state index in [0.717, 1.165) is 41.0 Å². The minimum atomic E-state index is -0.0247. The third-order valence-electron chi connectivity index (χ3n) is 4.76.